The fraction of sp³-hybridized carbons (Fsp3) is 0.636. The lowest BCUT2D eigenvalue weighted by Crippen LogP contribution is -2.32. The Hall–Kier alpha value is -1.80. The normalized spacial score (nSPS) is 16.8. The van der Waals surface area contributed by atoms with Crippen molar-refractivity contribution in [1.82, 2.24) is 30.6 Å². The Kier molecular flexibility index (Phi) is 3.80. The van der Waals surface area contributed by atoms with Crippen molar-refractivity contribution >= 4 is 0 Å². The second-order valence-electron chi connectivity index (χ2n) is 4.42. The van der Waals surface area contributed by atoms with Gasteiger partial charge in [-0.2, -0.15) is 10.1 Å². The molecule has 2 N–H and O–H groups in total. The number of ether oxygens (including phenoxy) is 1. The van der Waals surface area contributed by atoms with Crippen molar-refractivity contribution in [2.75, 3.05) is 19.7 Å². The van der Waals surface area contributed by atoms with Crippen LogP contribution in [0.1, 0.15) is 18.7 Å². The van der Waals surface area contributed by atoms with E-state index in [2.05, 4.69) is 30.6 Å². The van der Waals surface area contributed by atoms with Crippen LogP contribution in [0.5, 0.6) is 0 Å². The highest BCUT2D eigenvalue weighted by Crippen LogP contribution is 2.11. The van der Waals surface area contributed by atoms with Crippen molar-refractivity contribution in [3.63, 3.8) is 0 Å². The van der Waals surface area contributed by atoms with E-state index in [0.717, 1.165) is 25.9 Å². The number of rotatable bonds is 5. The predicted molar refractivity (Wildman–Crippen MR) is 65.2 cm³/mol. The van der Waals surface area contributed by atoms with Crippen molar-refractivity contribution in [2.45, 2.75) is 25.4 Å². The first-order chi connectivity index (χ1) is 9.42. The summed E-state index contributed by atoms with van der Waals surface area (Å²) in [5.41, 5.74) is 0. The van der Waals surface area contributed by atoms with Crippen LogP contribution in [0.3, 0.4) is 0 Å². The zero-order valence-electron chi connectivity index (χ0n) is 10.5. The van der Waals surface area contributed by atoms with E-state index in [-0.39, 0.29) is 0 Å². The average Bonchev–Trinajstić information content (AvgIpc) is 3.10. The zero-order valence-corrected chi connectivity index (χ0v) is 10.5. The lowest BCUT2D eigenvalue weighted by Gasteiger charge is -2.22. The number of hydrogen-bond acceptors (Lipinski definition) is 7. The van der Waals surface area contributed by atoms with Crippen LogP contribution in [-0.4, -0.2) is 51.1 Å². The fourth-order valence-electron chi connectivity index (χ4n) is 2.04. The molecule has 8 heteroatoms. The summed E-state index contributed by atoms with van der Waals surface area (Å²) in [7, 11) is 0. The van der Waals surface area contributed by atoms with E-state index in [1.54, 1.807) is 0 Å². The summed E-state index contributed by atoms with van der Waals surface area (Å²) in [5, 5.41) is 13.6. The first kappa shape index (κ1) is 12.2. The van der Waals surface area contributed by atoms with E-state index in [1.165, 1.54) is 6.33 Å². The maximum absolute atomic E-state index is 5.78. The highest BCUT2D eigenvalue weighted by atomic mass is 16.5. The third-order valence-electron chi connectivity index (χ3n) is 3.05. The molecule has 0 aromatic carbocycles. The molecule has 19 heavy (non-hydrogen) atoms. The van der Waals surface area contributed by atoms with Crippen molar-refractivity contribution in [3.05, 3.63) is 12.2 Å². The largest absolute Gasteiger partial charge is 0.378 e. The van der Waals surface area contributed by atoms with E-state index < -0.39 is 0 Å². The molecule has 3 heterocycles. The Balaban J connectivity index is 1.48. The first-order valence-electron chi connectivity index (χ1n) is 6.42. The number of hydrogen-bond donors (Lipinski definition) is 2. The second-order valence-corrected chi connectivity index (χ2v) is 4.42. The molecule has 1 aliphatic heterocycles. The van der Waals surface area contributed by atoms with Gasteiger partial charge in [0.2, 0.25) is 11.7 Å². The minimum atomic E-state index is 0.345. The monoisotopic (exact) mass is 264 g/mol. The van der Waals surface area contributed by atoms with Gasteiger partial charge in [0.05, 0.1) is 19.1 Å². The molecule has 0 amide bonds. The molecule has 1 fully saturated rings. The van der Waals surface area contributed by atoms with Gasteiger partial charge in [-0.15, -0.1) is 0 Å². The summed E-state index contributed by atoms with van der Waals surface area (Å²) in [6.45, 7) is 2.66. The predicted octanol–water partition coefficient (Wildman–Crippen LogP) is 0.166. The molecule has 2 aromatic rings. The first-order valence-corrected chi connectivity index (χ1v) is 6.42. The van der Waals surface area contributed by atoms with Crippen LogP contribution < -0.4 is 5.32 Å². The van der Waals surface area contributed by atoms with Gasteiger partial charge in [-0.25, -0.2) is 4.98 Å². The Morgan fingerprint density at radius 1 is 1.37 bits per heavy atom. The van der Waals surface area contributed by atoms with Crippen molar-refractivity contribution < 1.29 is 9.26 Å². The molecule has 2 aromatic heterocycles. The van der Waals surface area contributed by atoms with Gasteiger partial charge in [0, 0.05) is 0 Å². The summed E-state index contributed by atoms with van der Waals surface area (Å²) >= 11 is 0. The standard InChI is InChI=1S/C11H16N6O2/c1-4-12-5-2-8(1)18-6-3-9-15-11(17-19-9)10-13-7-14-16-10/h7-8,12H,1-6H2,(H,13,14,16). The van der Waals surface area contributed by atoms with Crippen LogP contribution in [0.25, 0.3) is 11.6 Å². The molecule has 0 spiro atoms. The lowest BCUT2D eigenvalue weighted by atomic mass is 10.1. The van der Waals surface area contributed by atoms with E-state index in [1.807, 2.05) is 0 Å². The number of nitrogens with zero attached hydrogens (tertiary/aromatic N) is 4. The quantitative estimate of drug-likeness (QED) is 0.793. The van der Waals surface area contributed by atoms with E-state index in [0.29, 0.717) is 36.7 Å². The minimum Gasteiger partial charge on any atom is -0.378 e. The van der Waals surface area contributed by atoms with E-state index >= 15 is 0 Å². The fourth-order valence-corrected chi connectivity index (χ4v) is 2.04. The molecule has 3 rings (SSSR count). The van der Waals surface area contributed by atoms with Crippen LogP contribution in [0.15, 0.2) is 10.9 Å². The molecule has 0 saturated carbocycles. The highest BCUT2D eigenvalue weighted by molar-refractivity contribution is 5.39. The smallest absolute Gasteiger partial charge is 0.239 e. The second kappa shape index (κ2) is 5.89. The van der Waals surface area contributed by atoms with Crippen LogP contribution in [0.2, 0.25) is 0 Å². The summed E-state index contributed by atoms with van der Waals surface area (Å²) in [4.78, 5) is 8.20. The summed E-state index contributed by atoms with van der Waals surface area (Å²) in [6.07, 6.45) is 4.50. The molecule has 0 bridgehead atoms. The Labute approximate surface area is 110 Å². The van der Waals surface area contributed by atoms with Gasteiger partial charge in [-0.3, -0.25) is 5.10 Å². The maximum Gasteiger partial charge on any atom is 0.239 e. The molecule has 0 atom stereocenters. The van der Waals surface area contributed by atoms with Gasteiger partial charge in [0.25, 0.3) is 0 Å². The number of H-pyrrole nitrogens is 1. The van der Waals surface area contributed by atoms with Gasteiger partial charge in [0.1, 0.15) is 6.33 Å². The van der Waals surface area contributed by atoms with Gasteiger partial charge in [0.15, 0.2) is 5.82 Å². The van der Waals surface area contributed by atoms with Gasteiger partial charge in [-0.1, -0.05) is 5.16 Å². The zero-order chi connectivity index (χ0) is 12.9. The van der Waals surface area contributed by atoms with Gasteiger partial charge >= 0.3 is 0 Å². The molecular formula is C11H16N6O2. The molecule has 8 nitrogen and oxygen atoms in total. The summed E-state index contributed by atoms with van der Waals surface area (Å²) in [6, 6.07) is 0. The van der Waals surface area contributed by atoms with Crippen LogP contribution >= 0.6 is 0 Å². The Morgan fingerprint density at radius 3 is 3.05 bits per heavy atom. The van der Waals surface area contributed by atoms with Crippen molar-refractivity contribution in [2.24, 2.45) is 0 Å². The topological polar surface area (TPSA) is 102 Å². The molecule has 102 valence electrons. The van der Waals surface area contributed by atoms with E-state index in [4.69, 9.17) is 9.26 Å². The average molecular weight is 264 g/mol. The van der Waals surface area contributed by atoms with Crippen molar-refractivity contribution in [3.8, 4) is 11.6 Å². The maximum atomic E-state index is 5.78. The van der Waals surface area contributed by atoms with Gasteiger partial charge < -0.3 is 14.6 Å². The Morgan fingerprint density at radius 2 is 2.26 bits per heavy atom. The lowest BCUT2D eigenvalue weighted by molar-refractivity contribution is 0.0322. The molecule has 1 saturated heterocycles. The summed E-state index contributed by atoms with van der Waals surface area (Å²) < 4.78 is 10.9. The third kappa shape index (κ3) is 3.15. The SMILES string of the molecule is c1n[nH]c(-c2noc(CCOC3CCNCC3)n2)n1. The number of nitrogens with one attached hydrogen (secondary N) is 2. The van der Waals surface area contributed by atoms with Crippen LogP contribution in [-0.2, 0) is 11.2 Å². The number of piperidine rings is 1. The minimum absolute atomic E-state index is 0.345. The molecule has 1 aliphatic rings. The van der Waals surface area contributed by atoms with Crippen molar-refractivity contribution in [1.29, 1.82) is 0 Å². The summed E-state index contributed by atoms with van der Waals surface area (Å²) in [5.74, 6) is 1.49. The molecule has 0 aliphatic carbocycles. The van der Waals surface area contributed by atoms with Crippen LogP contribution in [0, 0.1) is 0 Å². The van der Waals surface area contributed by atoms with Crippen LogP contribution in [0.4, 0.5) is 0 Å². The van der Waals surface area contributed by atoms with E-state index in [9.17, 15) is 0 Å². The number of aromatic nitrogens is 5. The number of aromatic amines is 1. The molecular weight excluding hydrogens is 248 g/mol. The molecule has 0 unspecified atom stereocenters. The Bertz CT molecular complexity index is 491. The molecule has 0 radical (unpaired) electrons. The third-order valence-corrected chi connectivity index (χ3v) is 3.05. The highest BCUT2D eigenvalue weighted by Gasteiger charge is 2.14. The van der Waals surface area contributed by atoms with Gasteiger partial charge in [-0.05, 0) is 25.9 Å².